The molecule has 6 heavy (non-hydrogen) atoms. The van der Waals surface area contributed by atoms with Crippen LogP contribution in [0.25, 0.3) is 0 Å². The van der Waals surface area contributed by atoms with E-state index in [1.54, 1.807) is 0 Å². The minimum atomic E-state index is 0. The van der Waals surface area contributed by atoms with Gasteiger partial charge in [-0.1, -0.05) is 0 Å². The Morgan fingerprint density at radius 3 is 0.833 bits per heavy atom. The molecule has 0 heterocycles. The zero-order chi connectivity index (χ0) is 2.00. The summed E-state index contributed by atoms with van der Waals surface area (Å²) >= 11 is 7.33. The minimum absolute atomic E-state index is 0. The van der Waals surface area contributed by atoms with Crippen molar-refractivity contribution in [3.63, 3.8) is 0 Å². The molecule has 0 aliphatic heterocycles. The maximum Gasteiger partial charge on any atom is 1.00 e. The first-order valence-corrected chi connectivity index (χ1v) is 1.50. The third kappa shape index (κ3) is 26.7. The molecule has 0 amide bonds. The SMILES string of the molecule is [H-].[H-].[Li+].[Li+].[Mo].[Mo].[S-][S-]. The van der Waals surface area contributed by atoms with Crippen LogP contribution < -0.4 is 37.7 Å². The Balaban J connectivity index is -0.000000000333. The molecule has 0 bridgehead atoms. The van der Waals surface area contributed by atoms with Crippen molar-refractivity contribution in [2.45, 2.75) is 0 Å². The van der Waals surface area contributed by atoms with E-state index < -0.39 is 0 Å². The van der Waals surface area contributed by atoms with Gasteiger partial charge in [-0.05, 0) is 0 Å². The summed E-state index contributed by atoms with van der Waals surface area (Å²) in [4.78, 5) is 0. The van der Waals surface area contributed by atoms with Gasteiger partial charge in [0, 0.05) is 42.1 Å². The van der Waals surface area contributed by atoms with Crippen molar-refractivity contribution in [2.75, 3.05) is 0 Å². The molecule has 30 valence electrons. The van der Waals surface area contributed by atoms with Gasteiger partial charge in [-0.2, -0.15) is 0 Å². The zero-order valence-electron chi connectivity index (χ0n) is 5.63. The molecule has 0 unspecified atom stereocenters. The van der Waals surface area contributed by atoms with Crippen LogP contribution in [0.15, 0.2) is 0 Å². The van der Waals surface area contributed by atoms with Crippen LogP contribution in [0, 0.1) is 0 Å². The van der Waals surface area contributed by atoms with Crippen LogP contribution >= 0.6 is 0 Å². The van der Waals surface area contributed by atoms with Crippen LogP contribution in [-0.2, 0) is 65.5 Å². The van der Waals surface area contributed by atoms with Crippen molar-refractivity contribution >= 4 is 23.3 Å². The molecule has 0 aromatic rings. The standard InChI is InChI=1S/2Li.2Mo.S2.2H/c;;;;1-2;;/q2*+1;;;-2;2*-1. The first-order valence-electron chi connectivity index (χ1n) is 0.167. The van der Waals surface area contributed by atoms with Gasteiger partial charge in [0.25, 0.3) is 0 Å². The Labute approximate surface area is 104 Å². The molecule has 6 heteroatoms. The molecule has 0 rings (SSSR count). The second-order valence-electron chi connectivity index (χ2n) is 0. The van der Waals surface area contributed by atoms with E-state index in [0.29, 0.717) is 0 Å². The molecule has 0 aromatic carbocycles. The molecule has 0 atom stereocenters. The quantitative estimate of drug-likeness (QED) is 0.245. The maximum absolute atomic E-state index is 3.67. The topological polar surface area (TPSA) is 0 Å². The van der Waals surface area contributed by atoms with Crippen molar-refractivity contribution in [2.24, 2.45) is 0 Å². The Bertz CT molecular complexity index is 16.0. The summed E-state index contributed by atoms with van der Waals surface area (Å²) in [5.41, 5.74) is 0. The summed E-state index contributed by atoms with van der Waals surface area (Å²) in [5, 5.41) is 0. The minimum Gasteiger partial charge on any atom is -1.00 e. The fourth-order valence-electron chi connectivity index (χ4n) is 0. The molecular formula is H2Li2Mo2S2-2. The summed E-state index contributed by atoms with van der Waals surface area (Å²) in [6, 6.07) is 0. The van der Waals surface area contributed by atoms with Crippen molar-refractivity contribution in [3.05, 3.63) is 0 Å². The molecule has 0 nitrogen and oxygen atoms in total. The summed E-state index contributed by atoms with van der Waals surface area (Å²) in [6.07, 6.45) is 0. The number of rotatable bonds is 0. The third-order valence-corrected chi connectivity index (χ3v) is 0. The normalized spacial score (nSPS) is 1.00. The van der Waals surface area contributed by atoms with Crippen molar-refractivity contribution in [1.82, 2.24) is 0 Å². The van der Waals surface area contributed by atoms with Crippen LogP contribution in [0.4, 0.5) is 0 Å². The van der Waals surface area contributed by atoms with Gasteiger partial charge in [-0.3, -0.25) is 0 Å². The Hall–Kier alpha value is 3.27. The Morgan fingerprint density at radius 1 is 0.833 bits per heavy atom. The van der Waals surface area contributed by atoms with Crippen molar-refractivity contribution in [1.29, 1.82) is 0 Å². The fourth-order valence-corrected chi connectivity index (χ4v) is 0. The van der Waals surface area contributed by atoms with Gasteiger partial charge in [0.05, 0.1) is 0 Å². The van der Waals surface area contributed by atoms with Crippen molar-refractivity contribution in [3.8, 4) is 0 Å². The van der Waals surface area contributed by atoms with E-state index in [9.17, 15) is 0 Å². The van der Waals surface area contributed by atoms with Gasteiger partial charge in [-0.25, -0.2) is 0 Å². The van der Waals surface area contributed by atoms with E-state index >= 15 is 0 Å². The first-order chi connectivity index (χ1) is 1.00. The van der Waals surface area contributed by atoms with E-state index in [2.05, 4.69) is 23.3 Å². The summed E-state index contributed by atoms with van der Waals surface area (Å²) in [5.74, 6) is 0. The maximum atomic E-state index is 3.67. The fraction of sp³-hybridized carbons (Fsp3) is 0. The van der Waals surface area contributed by atoms with Gasteiger partial charge in [-0.15, -0.1) is 0 Å². The van der Waals surface area contributed by atoms with Gasteiger partial charge >= 0.3 is 37.7 Å². The van der Waals surface area contributed by atoms with Crippen LogP contribution in [-0.4, -0.2) is 0 Å². The van der Waals surface area contributed by atoms with E-state index in [1.807, 2.05) is 0 Å². The van der Waals surface area contributed by atoms with Gasteiger partial charge < -0.3 is 26.2 Å². The predicted octanol–water partition coefficient (Wildman–Crippen LogP) is -5.78. The predicted molar refractivity (Wildman–Crippen MR) is 17.0 cm³/mol. The van der Waals surface area contributed by atoms with Crippen LogP contribution in [0.2, 0.25) is 0 Å². The molecule has 0 aliphatic carbocycles. The molecule has 0 saturated heterocycles. The van der Waals surface area contributed by atoms with Gasteiger partial charge in [0.1, 0.15) is 0 Å². The second-order valence-corrected chi connectivity index (χ2v) is 0. The molecule has 0 saturated carbocycles. The van der Waals surface area contributed by atoms with Gasteiger partial charge in [0.15, 0.2) is 0 Å². The zero-order valence-corrected chi connectivity index (χ0v) is 9.28. The van der Waals surface area contributed by atoms with E-state index in [4.69, 9.17) is 0 Å². The average Bonchev–Trinajstić information content (AvgIpc) is 1.00. The summed E-state index contributed by atoms with van der Waals surface area (Å²) < 4.78 is 0. The van der Waals surface area contributed by atoms with Crippen molar-refractivity contribution < 1.29 is 82.7 Å². The van der Waals surface area contributed by atoms with E-state index in [0.717, 1.165) is 0 Å². The smallest absolute Gasteiger partial charge is 1.00 e. The summed E-state index contributed by atoms with van der Waals surface area (Å²) in [7, 11) is 0. The second kappa shape index (κ2) is 40.9. The molecule has 0 aliphatic rings. The largest absolute Gasteiger partial charge is 1.00 e. The van der Waals surface area contributed by atoms with Crippen LogP contribution in [0.3, 0.4) is 0 Å². The first kappa shape index (κ1) is 34.8. The van der Waals surface area contributed by atoms with Crippen LogP contribution in [0.5, 0.6) is 0 Å². The molecule has 0 fully saturated rings. The molecular weight excluding hydrogens is 270 g/mol. The molecule has 0 N–H and O–H groups in total. The summed E-state index contributed by atoms with van der Waals surface area (Å²) in [6.45, 7) is 0. The van der Waals surface area contributed by atoms with Crippen LogP contribution in [0.1, 0.15) is 2.85 Å². The van der Waals surface area contributed by atoms with E-state index in [1.165, 1.54) is 0 Å². The Kier molecular flexibility index (Phi) is 237. The van der Waals surface area contributed by atoms with Gasteiger partial charge in [0.2, 0.25) is 0 Å². The average molecular weight is 272 g/mol. The third-order valence-electron chi connectivity index (χ3n) is 0. The molecule has 0 spiro atoms. The van der Waals surface area contributed by atoms with E-state index in [-0.39, 0.29) is 82.7 Å². The number of hydrogen-bond donors (Lipinski definition) is 0. The molecule has 0 radical (unpaired) electrons. The Morgan fingerprint density at radius 2 is 0.833 bits per heavy atom. The molecule has 0 aromatic heterocycles. The monoisotopic (exact) mass is 276 g/mol. The number of hydrogen-bond acceptors (Lipinski definition) is 2.